The maximum Gasteiger partial charge on any atom is 0.193 e. The molecule has 2 fully saturated rings. The fourth-order valence-electron chi connectivity index (χ4n) is 4.09. The lowest BCUT2D eigenvalue weighted by Gasteiger charge is -2.25. The number of nitrogens with zero attached hydrogens (tertiary/aromatic N) is 2. The smallest absolute Gasteiger partial charge is 0.193 e. The summed E-state index contributed by atoms with van der Waals surface area (Å²) in [5.41, 5.74) is 2.69. The van der Waals surface area contributed by atoms with Crippen LogP contribution in [0.15, 0.2) is 59.6 Å². The monoisotopic (exact) mass is 379 g/mol. The van der Waals surface area contributed by atoms with Gasteiger partial charge in [0.1, 0.15) is 12.4 Å². The molecule has 2 saturated heterocycles. The van der Waals surface area contributed by atoms with Gasteiger partial charge in [0.25, 0.3) is 0 Å². The third-order valence-electron chi connectivity index (χ3n) is 5.73. The lowest BCUT2D eigenvalue weighted by molar-refractivity contribution is 0.156. The second-order valence-corrected chi connectivity index (χ2v) is 7.80. The molecular formula is C23H29N3O2. The molecule has 0 aliphatic carbocycles. The van der Waals surface area contributed by atoms with Crippen molar-refractivity contribution in [2.45, 2.75) is 26.0 Å². The average molecular weight is 380 g/mol. The summed E-state index contributed by atoms with van der Waals surface area (Å²) in [5.74, 6) is 1.86. The van der Waals surface area contributed by atoms with Crippen LogP contribution in [0.4, 0.5) is 0 Å². The Bertz CT molecular complexity index is 801. The van der Waals surface area contributed by atoms with E-state index in [1.807, 2.05) is 37.4 Å². The minimum atomic E-state index is 0.336. The molecule has 2 aliphatic rings. The summed E-state index contributed by atoms with van der Waals surface area (Å²) >= 11 is 0. The van der Waals surface area contributed by atoms with Gasteiger partial charge in [-0.3, -0.25) is 4.99 Å². The standard InChI is InChI=1S/C23H29N3O2/c1-24-22(26-12-10-23(17-26)11-13-27-18-23)25-15-20-8-5-9-21(14-20)28-16-19-6-3-2-4-7-19/h2-9,14H,10-13,15-18H2,1H3,(H,24,25). The summed E-state index contributed by atoms with van der Waals surface area (Å²) < 4.78 is 11.6. The molecule has 1 unspecified atom stereocenters. The Morgan fingerprint density at radius 2 is 2.00 bits per heavy atom. The molecule has 5 heteroatoms. The highest BCUT2D eigenvalue weighted by Gasteiger charge is 2.42. The Labute approximate surface area is 167 Å². The fourth-order valence-corrected chi connectivity index (χ4v) is 4.09. The van der Waals surface area contributed by atoms with E-state index in [4.69, 9.17) is 9.47 Å². The highest BCUT2D eigenvalue weighted by Crippen LogP contribution is 2.38. The van der Waals surface area contributed by atoms with E-state index in [0.29, 0.717) is 12.0 Å². The molecule has 0 bridgehead atoms. The molecule has 0 saturated carbocycles. The number of nitrogens with one attached hydrogen (secondary N) is 1. The van der Waals surface area contributed by atoms with Gasteiger partial charge < -0.3 is 19.7 Å². The van der Waals surface area contributed by atoms with Crippen LogP contribution < -0.4 is 10.1 Å². The summed E-state index contributed by atoms with van der Waals surface area (Å²) in [4.78, 5) is 6.86. The van der Waals surface area contributed by atoms with Crippen LogP contribution in [0.3, 0.4) is 0 Å². The highest BCUT2D eigenvalue weighted by atomic mass is 16.5. The van der Waals surface area contributed by atoms with Gasteiger partial charge in [-0.25, -0.2) is 0 Å². The summed E-state index contributed by atoms with van der Waals surface area (Å²) in [6, 6.07) is 18.5. The van der Waals surface area contributed by atoms with Crippen LogP contribution in [-0.2, 0) is 17.9 Å². The highest BCUT2D eigenvalue weighted by molar-refractivity contribution is 5.80. The molecule has 0 amide bonds. The Morgan fingerprint density at radius 1 is 1.14 bits per heavy atom. The minimum Gasteiger partial charge on any atom is -0.489 e. The summed E-state index contributed by atoms with van der Waals surface area (Å²) in [5, 5.41) is 3.51. The molecule has 0 radical (unpaired) electrons. The zero-order valence-corrected chi connectivity index (χ0v) is 16.6. The zero-order valence-electron chi connectivity index (χ0n) is 16.6. The van der Waals surface area contributed by atoms with Crippen molar-refractivity contribution >= 4 is 5.96 Å². The van der Waals surface area contributed by atoms with Gasteiger partial charge in [0, 0.05) is 38.7 Å². The van der Waals surface area contributed by atoms with Gasteiger partial charge >= 0.3 is 0 Å². The van der Waals surface area contributed by atoms with E-state index < -0.39 is 0 Å². The second-order valence-electron chi connectivity index (χ2n) is 7.80. The van der Waals surface area contributed by atoms with Crippen molar-refractivity contribution in [2.24, 2.45) is 10.4 Å². The van der Waals surface area contributed by atoms with Crippen LogP contribution in [0.5, 0.6) is 5.75 Å². The number of aliphatic imine (C=N–C) groups is 1. The summed E-state index contributed by atoms with van der Waals surface area (Å²) in [6.45, 7) is 5.18. The Balaban J connectivity index is 1.31. The maximum atomic E-state index is 5.95. The van der Waals surface area contributed by atoms with Crippen LogP contribution in [-0.4, -0.2) is 44.2 Å². The number of benzene rings is 2. The first kappa shape index (κ1) is 18.8. The van der Waals surface area contributed by atoms with Crippen LogP contribution in [0.1, 0.15) is 24.0 Å². The number of likely N-dealkylation sites (tertiary alicyclic amines) is 1. The van der Waals surface area contributed by atoms with Gasteiger partial charge in [-0.2, -0.15) is 0 Å². The van der Waals surface area contributed by atoms with E-state index in [-0.39, 0.29) is 0 Å². The first-order valence-electron chi connectivity index (χ1n) is 10.1. The quantitative estimate of drug-likeness (QED) is 0.638. The van der Waals surface area contributed by atoms with Crippen LogP contribution in [0.25, 0.3) is 0 Å². The van der Waals surface area contributed by atoms with Crippen LogP contribution in [0.2, 0.25) is 0 Å². The number of hydrogen-bond donors (Lipinski definition) is 1. The van der Waals surface area contributed by atoms with E-state index in [1.54, 1.807) is 0 Å². The van der Waals surface area contributed by atoms with Crippen molar-refractivity contribution < 1.29 is 9.47 Å². The number of rotatable bonds is 5. The third-order valence-corrected chi connectivity index (χ3v) is 5.73. The lowest BCUT2D eigenvalue weighted by atomic mass is 9.87. The molecule has 1 N–H and O–H groups in total. The predicted molar refractivity (Wildman–Crippen MR) is 111 cm³/mol. The van der Waals surface area contributed by atoms with E-state index in [0.717, 1.165) is 44.6 Å². The number of guanidine groups is 1. The summed E-state index contributed by atoms with van der Waals surface area (Å²) in [7, 11) is 1.86. The van der Waals surface area contributed by atoms with Crippen molar-refractivity contribution in [1.82, 2.24) is 10.2 Å². The minimum absolute atomic E-state index is 0.336. The SMILES string of the molecule is CN=C(NCc1cccc(OCc2ccccc2)c1)N1CCC2(CCOC2)C1. The summed E-state index contributed by atoms with van der Waals surface area (Å²) in [6.07, 6.45) is 2.36. The van der Waals surface area contributed by atoms with Gasteiger partial charge in [0.15, 0.2) is 5.96 Å². The van der Waals surface area contributed by atoms with E-state index in [9.17, 15) is 0 Å². The topological polar surface area (TPSA) is 46.1 Å². The van der Waals surface area contributed by atoms with Gasteiger partial charge in [-0.15, -0.1) is 0 Å². The normalized spacial score (nSPS) is 22.0. The van der Waals surface area contributed by atoms with Gasteiger partial charge in [-0.1, -0.05) is 42.5 Å². The Kier molecular flexibility index (Phi) is 5.81. The largest absolute Gasteiger partial charge is 0.489 e. The molecule has 28 heavy (non-hydrogen) atoms. The van der Waals surface area contributed by atoms with Crippen molar-refractivity contribution in [3.63, 3.8) is 0 Å². The first-order valence-corrected chi connectivity index (χ1v) is 10.1. The molecule has 4 rings (SSSR count). The van der Waals surface area contributed by atoms with Gasteiger partial charge in [-0.05, 0) is 36.1 Å². The molecule has 1 spiro atoms. The molecule has 2 heterocycles. The van der Waals surface area contributed by atoms with Gasteiger partial charge in [0.05, 0.1) is 6.61 Å². The molecule has 2 aliphatic heterocycles. The molecule has 2 aromatic carbocycles. The lowest BCUT2D eigenvalue weighted by Crippen LogP contribution is -2.41. The maximum absolute atomic E-state index is 5.95. The number of ether oxygens (including phenoxy) is 2. The zero-order chi connectivity index (χ0) is 19.2. The molecule has 2 aromatic rings. The van der Waals surface area contributed by atoms with E-state index in [2.05, 4.69) is 39.5 Å². The Hall–Kier alpha value is -2.53. The van der Waals surface area contributed by atoms with E-state index >= 15 is 0 Å². The van der Waals surface area contributed by atoms with Crippen LogP contribution >= 0.6 is 0 Å². The molecule has 148 valence electrons. The van der Waals surface area contributed by atoms with Crippen molar-refractivity contribution in [1.29, 1.82) is 0 Å². The first-order chi connectivity index (χ1) is 13.8. The molecular weight excluding hydrogens is 350 g/mol. The molecule has 1 atom stereocenters. The van der Waals surface area contributed by atoms with Gasteiger partial charge in [0.2, 0.25) is 0 Å². The fraction of sp³-hybridized carbons (Fsp3) is 0.435. The average Bonchev–Trinajstić information content (AvgIpc) is 3.38. The third kappa shape index (κ3) is 4.47. The molecule has 0 aromatic heterocycles. The van der Waals surface area contributed by atoms with E-state index in [1.165, 1.54) is 24.0 Å². The Morgan fingerprint density at radius 3 is 2.79 bits per heavy atom. The number of hydrogen-bond acceptors (Lipinski definition) is 3. The molecule has 5 nitrogen and oxygen atoms in total. The van der Waals surface area contributed by atoms with Crippen LogP contribution in [0, 0.1) is 5.41 Å². The van der Waals surface area contributed by atoms with Crippen molar-refractivity contribution in [2.75, 3.05) is 33.4 Å². The predicted octanol–water partition coefficient (Wildman–Crippen LogP) is 3.45. The van der Waals surface area contributed by atoms with Crippen molar-refractivity contribution in [3.05, 3.63) is 65.7 Å². The van der Waals surface area contributed by atoms with Crippen molar-refractivity contribution in [3.8, 4) is 5.75 Å². The second kappa shape index (κ2) is 8.65.